The predicted molar refractivity (Wildman–Crippen MR) is 80.1 cm³/mol. The molecule has 1 aromatic carbocycles. The van der Waals surface area contributed by atoms with Crippen LogP contribution in [0.4, 0.5) is 5.69 Å². The van der Waals surface area contributed by atoms with E-state index in [0.29, 0.717) is 23.0 Å². The van der Waals surface area contributed by atoms with Crippen molar-refractivity contribution >= 4 is 23.2 Å². The van der Waals surface area contributed by atoms with Crippen molar-refractivity contribution in [2.24, 2.45) is 11.7 Å². The third kappa shape index (κ3) is 5.34. The van der Waals surface area contributed by atoms with Gasteiger partial charge in [0.15, 0.2) is 0 Å². The fourth-order valence-corrected chi connectivity index (χ4v) is 1.71. The smallest absolute Gasteiger partial charge is 0.224 e. The van der Waals surface area contributed by atoms with Gasteiger partial charge in [-0.3, -0.25) is 4.79 Å². The average molecular weight is 279 g/mol. The summed E-state index contributed by atoms with van der Waals surface area (Å²) in [5, 5.41) is 3.43. The maximum atomic E-state index is 11.9. The van der Waals surface area contributed by atoms with Crippen LogP contribution in [0.2, 0.25) is 5.02 Å². The first-order chi connectivity index (χ1) is 9.06. The zero-order chi connectivity index (χ0) is 14.3. The van der Waals surface area contributed by atoms with Crippen LogP contribution in [-0.4, -0.2) is 12.5 Å². The Morgan fingerprint density at radius 2 is 2.26 bits per heavy atom. The highest BCUT2D eigenvalue weighted by Crippen LogP contribution is 2.21. The summed E-state index contributed by atoms with van der Waals surface area (Å²) < 4.78 is 0. The molecular formula is C15H19ClN2O. The zero-order valence-corrected chi connectivity index (χ0v) is 12.1. The third-order valence-corrected chi connectivity index (χ3v) is 3.05. The topological polar surface area (TPSA) is 55.1 Å². The molecule has 3 N–H and O–H groups in total. The van der Waals surface area contributed by atoms with Gasteiger partial charge in [0.1, 0.15) is 0 Å². The molecule has 0 spiro atoms. The monoisotopic (exact) mass is 278 g/mol. The molecule has 4 heteroatoms. The minimum atomic E-state index is -0.0209. The van der Waals surface area contributed by atoms with Gasteiger partial charge in [0.2, 0.25) is 5.91 Å². The second-order valence-electron chi connectivity index (χ2n) is 4.46. The van der Waals surface area contributed by atoms with Crippen molar-refractivity contribution in [2.45, 2.75) is 26.7 Å². The molecule has 1 unspecified atom stereocenters. The van der Waals surface area contributed by atoms with E-state index in [1.165, 1.54) is 0 Å². The first-order valence-electron chi connectivity index (χ1n) is 6.35. The molecule has 0 bridgehead atoms. The van der Waals surface area contributed by atoms with Crippen molar-refractivity contribution in [2.75, 3.05) is 11.9 Å². The van der Waals surface area contributed by atoms with Crippen molar-refractivity contribution in [1.29, 1.82) is 0 Å². The van der Waals surface area contributed by atoms with Crippen LogP contribution in [0.15, 0.2) is 18.2 Å². The van der Waals surface area contributed by atoms with E-state index < -0.39 is 0 Å². The maximum absolute atomic E-state index is 11.9. The standard InChI is InChI=1S/C15H19ClN2O/c1-3-11(2)9-15(19)18-14-10-13(16)7-6-12(14)5-4-8-17/h6-7,10-11H,3,8-9,17H2,1-2H3,(H,18,19). The SMILES string of the molecule is CCC(C)CC(=O)Nc1cc(Cl)ccc1C#CCN. The highest BCUT2D eigenvalue weighted by molar-refractivity contribution is 6.31. The summed E-state index contributed by atoms with van der Waals surface area (Å²) in [6.45, 7) is 4.39. The summed E-state index contributed by atoms with van der Waals surface area (Å²) in [4.78, 5) is 11.9. The number of amides is 1. The normalized spacial score (nSPS) is 11.4. The molecule has 1 amide bonds. The van der Waals surface area contributed by atoms with Crippen molar-refractivity contribution in [1.82, 2.24) is 0 Å². The van der Waals surface area contributed by atoms with Crippen molar-refractivity contribution in [3.05, 3.63) is 28.8 Å². The molecule has 102 valence electrons. The van der Waals surface area contributed by atoms with E-state index in [-0.39, 0.29) is 12.5 Å². The minimum Gasteiger partial charge on any atom is -0.325 e. The lowest BCUT2D eigenvalue weighted by atomic mass is 10.0. The van der Waals surface area contributed by atoms with Gasteiger partial charge >= 0.3 is 0 Å². The van der Waals surface area contributed by atoms with Gasteiger partial charge in [0.05, 0.1) is 12.2 Å². The van der Waals surface area contributed by atoms with Gasteiger partial charge in [0, 0.05) is 17.0 Å². The molecule has 0 fully saturated rings. The highest BCUT2D eigenvalue weighted by Gasteiger charge is 2.10. The molecule has 0 aliphatic carbocycles. The van der Waals surface area contributed by atoms with Gasteiger partial charge < -0.3 is 11.1 Å². The molecule has 3 nitrogen and oxygen atoms in total. The van der Waals surface area contributed by atoms with Gasteiger partial charge in [-0.2, -0.15) is 0 Å². The molecule has 0 aromatic heterocycles. The lowest BCUT2D eigenvalue weighted by Crippen LogP contribution is -2.15. The predicted octanol–water partition coefficient (Wildman–Crippen LogP) is 3.02. The van der Waals surface area contributed by atoms with Crippen molar-refractivity contribution in [3.63, 3.8) is 0 Å². The molecule has 0 heterocycles. The van der Waals surface area contributed by atoms with Gasteiger partial charge in [0.25, 0.3) is 0 Å². The number of hydrogen-bond acceptors (Lipinski definition) is 2. The van der Waals surface area contributed by atoms with Crippen molar-refractivity contribution < 1.29 is 4.79 Å². The number of halogens is 1. The van der Waals surface area contributed by atoms with E-state index in [2.05, 4.69) is 24.1 Å². The zero-order valence-electron chi connectivity index (χ0n) is 11.3. The van der Waals surface area contributed by atoms with E-state index in [9.17, 15) is 4.79 Å². The van der Waals surface area contributed by atoms with Gasteiger partial charge in [-0.15, -0.1) is 0 Å². The molecule has 0 radical (unpaired) electrons. The number of nitrogens with one attached hydrogen (secondary N) is 1. The van der Waals surface area contributed by atoms with Crippen LogP contribution < -0.4 is 11.1 Å². The fraction of sp³-hybridized carbons (Fsp3) is 0.400. The summed E-state index contributed by atoms with van der Waals surface area (Å²) in [6, 6.07) is 5.23. The Kier molecular flexibility index (Phi) is 6.41. The molecule has 0 aliphatic heterocycles. The molecule has 1 rings (SSSR count). The number of hydrogen-bond donors (Lipinski definition) is 2. The van der Waals surface area contributed by atoms with Crippen molar-refractivity contribution in [3.8, 4) is 11.8 Å². The molecule has 0 saturated heterocycles. The first-order valence-corrected chi connectivity index (χ1v) is 6.73. The third-order valence-electron chi connectivity index (χ3n) is 2.81. The lowest BCUT2D eigenvalue weighted by molar-refractivity contribution is -0.117. The first kappa shape index (κ1) is 15.6. The largest absolute Gasteiger partial charge is 0.325 e. The number of anilines is 1. The van der Waals surface area contributed by atoms with Crippen LogP contribution in [0.25, 0.3) is 0 Å². The summed E-state index contributed by atoms with van der Waals surface area (Å²) >= 11 is 5.94. The Morgan fingerprint density at radius 1 is 1.53 bits per heavy atom. The summed E-state index contributed by atoms with van der Waals surface area (Å²) in [6.07, 6.45) is 1.47. The summed E-state index contributed by atoms with van der Waals surface area (Å²) in [5.41, 5.74) is 6.72. The summed E-state index contributed by atoms with van der Waals surface area (Å²) in [5.74, 6) is 6.04. The van der Waals surface area contributed by atoms with E-state index in [1.807, 2.05) is 6.92 Å². The highest BCUT2D eigenvalue weighted by atomic mass is 35.5. The van der Waals surface area contributed by atoms with Crippen LogP contribution in [0.3, 0.4) is 0 Å². The maximum Gasteiger partial charge on any atom is 0.224 e. The second-order valence-corrected chi connectivity index (χ2v) is 4.90. The molecule has 19 heavy (non-hydrogen) atoms. The lowest BCUT2D eigenvalue weighted by Gasteiger charge is -2.11. The Balaban J connectivity index is 2.86. The molecule has 1 atom stereocenters. The van der Waals surface area contributed by atoms with Crippen LogP contribution in [0, 0.1) is 17.8 Å². The minimum absolute atomic E-state index is 0.0209. The van der Waals surface area contributed by atoms with Crippen LogP contribution in [0.1, 0.15) is 32.3 Å². The summed E-state index contributed by atoms with van der Waals surface area (Å²) in [7, 11) is 0. The second kappa shape index (κ2) is 7.83. The van der Waals surface area contributed by atoms with E-state index in [4.69, 9.17) is 17.3 Å². The molecule has 0 aliphatic rings. The van der Waals surface area contributed by atoms with Gasteiger partial charge in [-0.1, -0.05) is 43.7 Å². The Bertz CT molecular complexity index is 503. The van der Waals surface area contributed by atoms with Crippen LogP contribution in [-0.2, 0) is 4.79 Å². The van der Waals surface area contributed by atoms with Crippen LogP contribution in [0.5, 0.6) is 0 Å². The number of carbonyl (C=O) groups excluding carboxylic acids is 1. The number of nitrogens with two attached hydrogens (primary N) is 1. The fourth-order valence-electron chi connectivity index (χ4n) is 1.54. The van der Waals surface area contributed by atoms with Gasteiger partial charge in [-0.25, -0.2) is 0 Å². The van der Waals surface area contributed by atoms with E-state index >= 15 is 0 Å². The number of rotatable bonds is 4. The molecule has 1 aromatic rings. The molecule has 0 saturated carbocycles. The average Bonchev–Trinajstić information content (AvgIpc) is 2.37. The Hall–Kier alpha value is -1.50. The number of carbonyl (C=O) groups is 1. The van der Waals surface area contributed by atoms with E-state index in [0.717, 1.165) is 12.0 Å². The van der Waals surface area contributed by atoms with E-state index in [1.54, 1.807) is 18.2 Å². The number of benzene rings is 1. The Morgan fingerprint density at radius 3 is 2.89 bits per heavy atom. The Labute approximate surface area is 119 Å². The van der Waals surface area contributed by atoms with Gasteiger partial charge in [-0.05, 0) is 24.1 Å². The quantitative estimate of drug-likeness (QED) is 0.832. The van der Waals surface area contributed by atoms with Crippen LogP contribution >= 0.6 is 11.6 Å². The molecular weight excluding hydrogens is 260 g/mol.